The van der Waals surface area contributed by atoms with Gasteiger partial charge in [-0.25, -0.2) is 0 Å². The SMILES string of the molecule is Cc1ccc(NC(=O)c2ccc(N3CCCCC3)nn2)cc1Br. The molecule has 1 aliphatic heterocycles. The third-order valence-electron chi connectivity index (χ3n) is 3.99. The second-order valence-electron chi connectivity index (χ2n) is 5.74. The highest BCUT2D eigenvalue weighted by Crippen LogP contribution is 2.21. The molecule has 0 atom stereocenters. The Kier molecular flexibility index (Phi) is 4.91. The lowest BCUT2D eigenvalue weighted by atomic mass is 10.1. The molecule has 0 bridgehead atoms. The van der Waals surface area contributed by atoms with Crippen LogP contribution in [0.25, 0.3) is 0 Å². The van der Waals surface area contributed by atoms with Gasteiger partial charge in [0.1, 0.15) is 0 Å². The lowest BCUT2D eigenvalue weighted by molar-refractivity contribution is 0.102. The van der Waals surface area contributed by atoms with E-state index in [9.17, 15) is 4.79 Å². The predicted octanol–water partition coefficient (Wildman–Crippen LogP) is 3.79. The van der Waals surface area contributed by atoms with Gasteiger partial charge >= 0.3 is 0 Å². The van der Waals surface area contributed by atoms with Crippen LogP contribution in [0.1, 0.15) is 35.3 Å². The molecule has 1 N–H and O–H groups in total. The largest absolute Gasteiger partial charge is 0.355 e. The number of hydrogen-bond acceptors (Lipinski definition) is 4. The van der Waals surface area contributed by atoms with Crippen LogP contribution in [0.15, 0.2) is 34.8 Å². The van der Waals surface area contributed by atoms with Crippen molar-refractivity contribution in [1.82, 2.24) is 10.2 Å². The van der Waals surface area contributed by atoms with Crippen LogP contribution in [0.3, 0.4) is 0 Å². The third kappa shape index (κ3) is 3.88. The van der Waals surface area contributed by atoms with E-state index in [0.717, 1.165) is 34.6 Å². The van der Waals surface area contributed by atoms with Crippen molar-refractivity contribution >= 4 is 33.3 Å². The maximum atomic E-state index is 12.3. The Morgan fingerprint density at radius 1 is 1.13 bits per heavy atom. The summed E-state index contributed by atoms with van der Waals surface area (Å²) in [6, 6.07) is 9.30. The van der Waals surface area contributed by atoms with E-state index in [1.807, 2.05) is 31.2 Å². The maximum Gasteiger partial charge on any atom is 0.276 e. The minimum absolute atomic E-state index is 0.251. The molecule has 1 aromatic heterocycles. The second kappa shape index (κ2) is 7.08. The molecule has 1 amide bonds. The third-order valence-corrected chi connectivity index (χ3v) is 4.85. The van der Waals surface area contributed by atoms with Crippen molar-refractivity contribution in [2.75, 3.05) is 23.3 Å². The maximum absolute atomic E-state index is 12.3. The highest BCUT2D eigenvalue weighted by atomic mass is 79.9. The molecule has 1 fully saturated rings. The Bertz CT molecular complexity index is 696. The molecule has 23 heavy (non-hydrogen) atoms. The van der Waals surface area contributed by atoms with Crippen molar-refractivity contribution in [3.8, 4) is 0 Å². The first-order valence-electron chi connectivity index (χ1n) is 7.80. The number of amides is 1. The molecule has 0 saturated carbocycles. The fraction of sp³-hybridized carbons (Fsp3) is 0.353. The van der Waals surface area contributed by atoms with Crippen LogP contribution in [0.4, 0.5) is 11.5 Å². The Morgan fingerprint density at radius 3 is 2.57 bits per heavy atom. The van der Waals surface area contributed by atoms with Crippen LogP contribution in [-0.2, 0) is 0 Å². The Hall–Kier alpha value is -1.95. The van der Waals surface area contributed by atoms with Crippen molar-refractivity contribution < 1.29 is 4.79 Å². The van der Waals surface area contributed by atoms with Crippen LogP contribution >= 0.6 is 15.9 Å². The molecule has 2 aromatic rings. The normalized spacial score (nSPS) is 14.6. The van der Waals surface area contributed by atoms with Gasteiger partial charge in [0, 0.05) is 23.2 Å². The summed E-state index contributed by atoms with van der Waals surface area (Å²) in [6.07, 6.45) is 3.65. The van der Waals surface area contributed by atoms with Gasteiger partial charge in [-0.15, -0.1) is 10.2 Å². The summed E-state index contributed by atoms with van der Waals surface area (Å²) in [4.78, 5) is 14.5. The lowest BCUT2D eigenvalue weighted by Crippen LogP contribution is -2.30. The van der Waals surface area contributed by atoms with Crippen molar-refractivity contribution in [3.05, 3.63) is 46.1 Å². The minimum Gasteiger partial charge on any atom is -0.355 e. The molecule has 0 unspecified atom stereocenters. The number of carbonyl (C=O) groups excluding carboxylic acids is 1. The molecular formula is C17H19BrN4O. The van der Waals surface area contributed by atoms with Gasteiger partial charge in [-0.3, -0.25) is 4.79 Å². The smallest absolute Gasteiger partial charge is 0.276 e. The van der Waals surface area contributed by atoms with Gasteiger partial charge in [0.2, 0.25) is 0 Å². The van der Waals surface area contributed by atoms with E-state index in [2.05, 4.69) is 36.3 Å². The number of nitrogens with one attached hydrogen (secondary N) is 1. The summed E-state index contributed by atoms with van der Waals surface area (Å²) < 4.78 is 0.960. The summed E-state index contributed by atoms with van der Waals surface area (Å²) in [7, 11) is 0. The van der Waals surface area contributed by atoms with Crippen LogP contribution in [-0.4, -0.2) is 29.2 Å². The fourth-order valence-corrected chi connectivity index (χ4v) is 2.98. The highest BCUT2D eigenvalue weighted by molar-refractivity contribution is 9.10. The van der Waals surface area contributed by atoms with E-state index in [-0.39, 0.29) is 5.91 Å². The van der Waals surface area contributed by atoms with Crippen molar-refractivity contribution in [2.24, 2.45) is 0 Å². The zero-order valence-electron chi connectivity index (χ0n) is 13.1. The van der Waals surface area contributed by atoms with E-state index in [0.29, 0.717) is 5.69 Å². The van der Waals surface area contributed by atoms with Gasteiger partial charge in [-0.1, -0.05) is 22.0 Å². The highest BCUT2D eigenvalue weighted by Gasteiger charge is 2.14. The molecule has 1 saturated heterocycles. The van der Waals surface area contributed by atoms with Gasteiger partial charge in [-0.05, 0) is 56.0 Å². The molecule has 6 heteroatoms. The number of anilines is 2. The first-order chi connectivity index (χ1) is 11.1. The molecule has 120 valence electrons. The van der Waals surface area contributed by atoms with Crippen molar-refractivity contribution in [3.63, 3.8) is 0 Å². The number of benzene rings is 1. The van der Waals surface area contributed by atoms with Crippen LogP contribution in [0.2, 0.25) is 0 Å². The summed E-state index contributed by atoms with van der Waals surface area (Å²) in [5, 5.41) is 11.1. The molecule has 0 aliphatic carbocycles. The van der Waals surface area contributed by atoms with E-state index in [1.165, 1.54) is 19.3 Å². The summed E-state index contributed by atoms with van der Waals surface area (Å²) in [5.41, 5.74) is 2.17. The molecule has 0 spiro atoms. The van der Waals surface area contributed by atoms with Crippen LogP contribution in [0.5, 0.6) is 0 Å². The topological polar surface area (TPSA) is 58.1 Å². The average Bonchev–Trinajstić information content (AvgIpc) is 2.59. The first kappa shape index (κ1) is 15.9. The predicted molar refractivity (Wildman–Crippen MR) is 94.9 cm³/mol. The zero-order chi connectivity index (χ0) is 16.2. The fourth-order valence-electron chi connectivity index (χ4n) is 2.60. The molecule has 5 nitrogen and oxygen atoms in total. The van der Waals surface area contributed by atoms with Crippen molar-refractivity contribution in [1.29, 1.82) is 0 Å². The molecule has 1 aliphatic rings. The Labute approximate surface area is 144 Å². The van der Waals surface area contributed by atoms with Gasteiger partial charge in [0.05, 0.1) is 0 Å². The van der Waals surface area contributed by atoms with Gasteiger partial charge < -0.3 is 10.2 Å². The monoisotopic (exact) mass is 374 g/mol. The molecule has 0 radical (unpaired) electrons. The zero-order valence-corrected chi connectivity index (χ0v) is 14.6. The van der Waals surface area contributed by atoms with E-state index in [1.54, 1.807) is 6.07 Å². The van der Waals surface area contributed by atoms with Crippen LogP contribution in [0, 0.1) is 6.92 Å². The standard InChI is InChI=1S/C17H19BrN4O/c1-12-5-6-13(11-14(12)18)19-17(23)15-7-8-16(21-20-15)22-9-3-2-4-10-22/h5-8,11H,2-4,9-10H2,1H3,(H,19,23). The molecule has 2 heterocycles. The molecular weight excluding hydrogens is 356 g/mol. The van der Waals surface area contributed by atoms with E-state index in [4.69, 9.17) is 0 Å². The summed E-state index contributed by atoms with van der Waals surface area (Å²) in [6.45, 7) is 4.02. The Balaban J connectivity index is 1.68. The number of hydrogen-bond donors (Lipinski definition) is 1. The summed E-state index contributed by atoms with van der Waals surface area (Å²) in [5.74, 6) is 0.595. The van der Waals surface area contributed by atoms with Gasteiger partial charge in [0.25, 0.3) is 5.91 Å². The van der Waals surface area contributed by atoms with Gasteiger partial charge in [-0.2, -0.15) is 0 Å². The Morgan fingerprint density at radius 2 is 1.91 bits per heavy atom. The quantitative estimate of drug-likeness (QED) is 0.887. The van der Waals surface area contributed by atoms with Crippen molar-refractivity contribution in [2.45, 2.75) is 26.2 Å². The number of rotatable bonds is 3. The number of nitrogens with zero attached hydrogens (tertiary/aromatic N) is 3. The summed E-state index contributed by atoms with van der Waals surface area (Å²) >= 11 is 3.46. The average molecular weight is 375 g/mol. The minimum atomic E-state index is -0.251. The lowest BCUT2D eigenvalue weighted by Gasteiger charge is -2.27. The number of carbonyl (C=O) groups is 1. The van der Waals surface area contributed by atoms with E-state index < -0.39 is 0 Å². The first-order valence-corrected chi connectivity index (χ1v) is 8.59. The van der Waals surface area contributed by atoms with Gasteiger partial charge in [0.15, 0.2) is 11.5 Å². The molecule has 3 rings (SSSR count). The number of halogens is 1. The number of aryl methyl sites for hydroxylation is 1. The molecule has 1 aromatic carbocycles. The number of aromatic nitrogens is 2. The van der Waals surface area contributed by atoms with Crippen LogP contribution < -0.4 is 10.2 Å². The number of piperidine rings is 1. The second-order valence-corrected chi connectivity index (χ2v) is 6.60. The van der Waals surface area contributed by atoms with E-state index >= 15 is 0 Å².